The summed E-state index contributed by atoms with van der Waals surface area (Å²) in [7, 11) is 0. The number of nitrogens with one attached hydrogen (secondary N) is 2. The molecule has 0 bridgehead atoms. The molecule has 4 rings (SSSR count). The highest BCUT2D eigenvalue weighted by Crippen LogP contribution is 2.18. The molecule has 2 N–H and O–H groups in total. The number of nitrogens with zero attached hydrogens (tertiary/aromatic N) is 2. The lowest BCUT2D eigenvalue weighted by atomic mass is 10.0. The fraction of sp³-hybridized carbons (Fsp3) is 0.542. The third-order valence-electron chi connectivity index (χ3n) is 6.15. The van der Waals surface area contributed by atoms with Crippen LogP contribution in [0, 0.1) is 5.82 Å². The number of rotatable bonds is 7. The summed E-state index contributed by atoms with van der Waals surface area (Å²) in [6, 6.07) is 11.8. The van der Waals surface area contributed by atoms with Crippen molar-refractivity contribution in [3.8, 4) is 0 Å². The van der Waals surface area contributed by atoms with Crippen LogP contribution in [0.4, 0.5) is 4.39 Å². The zero-order chi connectivity index (χ0) is 20.6. The van der Waals surface area contributed by atoms with Crippen molar-refractivity contribution in [2.24, 2.45) is 4.99 Å². The molecule has 0 amide bonds. The second-order valence-electron chi connectivity index (χ2n) is 8.51. The molecule has 2 fully saturated rings. The van der Waals surface area contributed by atoms with Crippen molar-refractivity contribution in [3.05, 3.63) is 59.8 Å². The van der Waals surface area contributed by atoms with Gasteiger partial charge in [-0.05, 0) is 55.5 Å². The van der Waals surface area contributed by atoms with Crippen LogP contribution in [0.3, 0.4) is 0 Å². The zero-order valence-electron chi connectivity index (χ0n) is 18.1. The summed E-state index contributed by atoms with van der Waals surface area (Å²) in [6.45, 7) is 3.69. The van der Waals surface area contributed by atoms with Gasteiger partial charge in [-0.15, -0.1) is 24.0 Å². The minimum atomic E-state index is -0.171. The van der Waals surface area contributed by atoms with Crippen LogP contribution < -0.4 is 10.6 Å². The van der Waals surface area contributed by atoms with Gasteiger partial charge >= 0.3 is 0 Å². The van der Waals surface area contributed by atoms with E-state index in [-0.39, 0.29) is 29.8 Å². The number of furan rings is 1. The summed E-state index contributed by atoms with van der Waals surface area (Å²) >= 11 is 0. The summed E-state index contributed by atoms with van der Waals surface area (Å²) in [5, 5.41) is 7.35. The number of hydrogen-bond donors (Lipinski definition) is 2. The minimum absolute atomic E-state index is 0. The van der Waals surface area contributed by atoms with Crippen molar-refractivity contribution >= 4 is 29.9 Å². The number of halogens is 2. The standard InChI is InChI=1S/C24H33FN4O.HI/c25-20-9-7-19(8-10-20)18-29-15-12-22(13-16-29)28-24(27-21-4-1-2-5-21)26-14-11-23-6-3-17-30-23;/h3,6-10,17,21-22H,1-2,4-5,11-16,18H2,(H2,26,27,28);1H. The van der Waals surface area contributed by atoms with Crippen LogP contribution in [0.2, 0.25) is 0 Å². The Morgan fingerprint density at radius 3 is 2.32 bits per heavy atom. The van der Waals surface area contributed by atoms with Crippen molar-refractivity contribution in [1.29, 1.82) is 0 Å². The first-order valence-electron chi connectivity index (χ1n) is 11.3. The van der Waals surface area contributed by atoms with Crippen LogP contribution in [0.1, 0.15) is 49.8 Å². The predicted molar refractivity (Wildman–Crippen MR) is 133 cm³/mol. The monoisotopic (exact) mass is 540 g/mol. The molecule has 1 aromatic heterocycles. The third kappa shape index (κ3) is 7.79. The zero-order valence-corrected chi connectivity index (χ0v) is 20.4. The Balaban J connectivity index is 0.00000272. The van der Waals surface area contributed by atoms with Crippen molar-refractivity contribution in [3.63, 3.8) is 0 Å². The van der Waals surface area contributed by atoms with Gasteiger partial charge in [-0.25, -0.2) is 4.39 Å². The Kier molecular flexibility index (Phi) is 9.64. The van der Waals surface area contributed by atoms with E-state index in [1.54, 1.807) is 18.4 Å². The minimum Gasteiger partial charge on any atom is -0.469 e. The Labute approximate surface area is 201 Å². The largest absolute Gasteiger partial charge is 0.469 e. The Bertz CT molecular complexity index is 782. The molecule has 1 aromatic carbocycles. The first-order valence-corrected chi connectivity index (χ1v) is 11.3. The number of piperidine rings is 1. The molecule has 7 heteroatoms. The van der Waals surface area contributed by atoms with E-state index in [2.05, 4.69) is 15.5 Å². The SMILES string of the molecule is Fc1ccc(CN2CCC(NC(=NCCc3ccco3)NC3CCCC3)CC2)cc1.I. The van der Waals surface area contributed by atoms with Gasteiger partial charge in [0.15, 0.2) is 5.96 Å². The van der Waals surface area contributed by atoms with Crippen LogP contribution in [-0.2, 0) is 13.0 Å². The summed E-state index contributed by atoms with van der Waals surface area (Å²) in [5.41, 5.74) is 1.17. The molecule has 2 aromatic rings. The molecule has 170 valence electrons. The van der Waals surface area contributed by atoms with E-state index in [0.717, 1.165) is 57.2 Å². The molecule has 5 nitrogen and oxygen atoms in total. The molecule has 0 atom stereocenters. The first-order chi connectivity index (χ1) is 14.7. The molecule has 1 saturated carbocycles. The van der Waals surface area contributed by atoms with Crippen LogP contribution in [-0.4, -0.2) is 42.6 Å². The van der Waals surface area contributed by atoms with E-state index in [9.17, 15) is 4.39 Å². The fourth-order valence-corrected chi connectivity index (χ4v) is 4.41. The summed E-state index contributed by atoms with van der Waals surface area (Å²) < 4.78 is 18.5. The lowest BCUT2D eigenvalue weighted by molar-refractivity contribution is 0.198. The molecular formula is C24H34FIN4O. The average molecular weight is 540 g/mol. The molecule has 1 saturated heterocycles. The summed E-state index contributed by atoms with van der Waals surface area (Å²) in [6.07, 6.45) is 9.78. The summed E-state index contributed by atoms with van der Waals surface area (Å²) in [5.74, 6) is 1.76. The van der Waals surface area contributed by atoms with E-state index in [1.165, 1.54) is 31.2 Å². The Morgan fingerprint density at radius 2 is 1.68 bits per heavy atom. The second-order valence-corrected chi connectivity index (χ2v) is 8.51. The van der Waals surface area contributed by atoms with Crippen LogP contribution in [0.5, 0.6) is 0 Å². The number of hydrogen-bond acceptors (Lipinski definition) is 3. The van der Waals surface area contributed by atoms with E-state index >= 15 is 0 Å². The van der Waals surface area contributed by atoms with Gasteiger partial charge < -0.3 is 15.1 Å². The molecule has 1 aliphatic heterocycles. The van der Waals surface area contributed by atoms with Crippen molar-refractivity contribution in [2.45, 2.75) is 63.6 Å². The van der Waals surface area contributed by atoms with Gasteiger partial charge in [0.2, 0.25) is 0 Å². The maximum absolute atomic E-state index is 13.1. The fourth-order valence-electron chi connectivity index (χ4n) is 4.41. The highest BCUT2D eigenvalue weighted by Gasteiger charge is 2.22. The topological polar surface area (TPSA) is 52.8 Å². The van der Waals surface area contributed by atoms with Gasteiger partial charge in [0.05, 0.1) is 6.26 Å². The molecule has 31 heavy (non-hydrogen) atoms. The van der Waals surface area contributed by atoms with E-state index in [1.807, 2.05) is 24.3 Å². The molecule has 0 radical (unpaired) electrons. The van der Waals surface area contributed by atoms with E-state index in [0.29, 0.717) is 12.1 Å². The third-order valence-corrected chi connectivity index (χ3v) is 6.15. The highest BCUT2D eigenvalue weighted by molar-refractivity contribution is 14.0. The van der Waals surface area contributed by atoms with Crippen LogP contribution >= 0.6 is 24.0 Å². The maximum atomic E-state index is 13.1. The van der Waals surface area contributed by atoms with Crippen molar-refractivity contribution in [1.82, 2.24) is 15.5 Å². The number of aliphatic imine (C=N–C) groups is 1. The van der Waals surface area contributed by atoms with Gasteiger partial charge in [-0.3, -0.25) is 9.89 Å². The van der Waals surface area contributed by atoms with Gasteiger partial charge in [0, 0.05) is 44.7 Å². The van der Waals surface area contributed by atoms with E-state index < -0.39 is 0 Å². The van der Waals surface area contributed by atoms with E-state index in [4.69, 9.17) is 9.41 Å². The number of guanidine groups is 1. The van der Waals surface area contributed by atoms with Crippen molar-refractivity contribution in [2.75, 3.05) is 19.6 Å². The number of benzene rings is 1. The normalized spacial score (nSPS) is 18.7. The smallest absolute Gasteiger partial charge is 0.191 e. The predicted octanol–water partition coefficient (Wildman–Crippen LogP) is 4.72. The average Bonchev–Trinajstić information content (AvgIpc) is 3.45. The molecule has 0 spiro atoms. The van der Waals surface area contributed by atoms with Crippen LogP contribution in [0.15, 0.2) is 52.1 Å². The first kappa shape index (κ1) is 24.0. The lowest BCUT2D eigenvalue weighted by Gasteiger charge is -2.33. The Morgan fingerprint density at radius 1 is 1.00 bits per heavy atom. The molecule has 1 aliphatic carbocycles. The van der Waals surface area contributed by atoms with Gasteiger partial charge in [-0.1, -0.05) is 25.0 Å². The van der Waals surface area contributed by atoms with Crippen molar-refractivity contribution < 1.29 is 8.81 Å². The maximum Gasteiger partial charge on any atom is 0.191 e. The summed E-state index contributed by atoms with van der Waals surface area (Å²) in [4.78, 5) is 7.28. The van der Waals surface area contributed by atoms with Gasteiger partial charge in [0.1, 0.15) is 11.6 Å². The molecule has 0 unspecified atom stereocenters. The molecule has 2 heterocycles. The van der Waals surface area contributed by atoms with Gasteiger partial charge in [0.25, 0.3) is 0 Å². The number of likely N-dealkylation sites (tertiary alicyclic amines) is 1. The second kappa shape index (κ2) is 12.4. The lowest BCUT2D eigenvalue weighted by Crippen LogP contribution is -2.50. The van der Waals surface area contributed by atoms with Crippen LogP contribution in [0.25, 0.3) is 0 Å². The quantitative estimate of drug-likeness (QED) is 0.303. The molecular weight excluding hydrogens is 506 g/mol. The van der Waals surface area contributed by atoms with Gasteiger partial charge in [-0.2, -0.15) is 0 Å². The Hall–Kier alpha value is -1.61. The highest BCUT2D eigenvalue weighted by atomic mass is 127. The molecule has 2 aliphatic rings.